The fraction of sp³-hybridized carbons (Fsp3) is 0.167. The summed E-state index contributed by atoms with van der Waals surface area (Å²) in [5.74, 6) is 0. The number of benzene rings is 1. The fourth-order valence-electron chi connectivity index (χ4n) is 1.85. The third-order valence-corrected chi connectivity index (χ3v) is 3.55. The Hall–Kier alpha value is -1.93. The number of nitrogens with zero attached hydrogens (tertiary/aromatic N) is 2. The second-order valence-electron chi connectivity index (χ2n) is 4.05. The first-order valence-corrected chi connectivity index (χ1v) is 6.36. The van der Waals surface area contributed by atoms with Crippen molar-refractivity contribution in [3.63, 3.8) is 0 Å². The number of aliphatic hydroxyl groups is 1. The third-order valence-electron chi connectivity index (χ3n) is 2.74. The molecule has 0 saturated heterocycles. The summed E-state index contributed by atoms with van der Waals surface area (Å²) in [5.41, 5.74) is 0.687. The predicted octanol–water partition coefficient (Wildman–Crippen LogP) is 3.55. The molecule has 0 aliphatic rings. The van der Waals surface area contributed by atoms with Crippen molar-refractivity contribution in [3.05, 3.63) is 35.7 Å². The van der Waals surface area contributed by atoms with Gasteiger partial charge in [-0.15, -0.1) is 11.3 Å². The van der Waals surface area contributed by atoms with Gasteiger partial charge in [0.05, 0.1) is 5.56 Å². The Kier molecular flexibility index (Phi) is 2.98. The molecule has 0 saturated carbocycles. The summed E-state index contributed by atoms with van der Waals surface area (Å²) >= 11 is 1.26. The number of oxazole rings is 1. The maximum absolute atomic E-state index is 12.6. The molecule has 1 N–H and O–H groups in total. The predicted molar refractivity (Wildman–Crippen MR) is 66.1 cm³/mol. The van der Waals surface area contributed by atoms with E-state index < -0.39 is 12.3 Å². The number of fused-ring (bicyclic) bond motifs is 1. The van der Waals surface area contributed by atoms with Gasteiger partial charge in [0, 0.05) is 11.6 Å². The molecule has 0 amide bonds. The number of aromatic nitrogens is 2. The van der Waals surface area contributed by atoms with Crippen molar-refractivity contribution in [2.24, 2.45) is 0 Å². The van der Waals surface area contributed by atoms with Crippen LogP contribution in [0.15, 0.2) is 34.5 Å². The Morgan fingerprint density at radius 3 is 2.70 bits per heavy atom. The molecule has 0 aliphatic carbocycles. The molecule has 3 aromatic rings. The second-order valence-corrected chi connectivity index (χ2v) is 4.95. The normalized spacial score (nSPS) is 13.8. The maximum atomic E-state index is 12.6. The molecule has 1 unspecified atom stereocenters. The number of alkyl halides is 3. The number of aliphatic hydroxyl groups excluding tert-OH is 1. The van der Waals surface area contributed by atoms with Crippen LogP contribution in [0.25, 0.3) is 21.7 Å². The van der Waals surface area contributed by atoms with E-state index in [9.17, 15) is 18.3 Å². The van der Waals surface area contributed by atoms with Crippen LogP contribution in [0.2, 0.25) is 0 Å². The van der Waals surface area contributed by atoms with Gasteiger partial charge in [0.1, 0.15) is 10.5 Å². The monoisotopic (exact) mass is 300 g/mol. The smallest absolute Gasteiger partial charge is 0.418 e. The lowest BCUT2D eigenvalue weighted by molar-refractivity contribution is -0.206. The minimum absolute atomic E-state index is 0.246. The molecule has 0 radical (unpaired) electrons. The first kappa shape index (κ1) is 13.1. The van der Waals surface area contributed by atoms with Gasteiger partial charge in [-0.25, -0.2) is 9.97 Å². The summed E-state index contributed by atoms with van der Waals surface area (Å²) in [7, 11) is 0. The molecule has 0 bridgehead atoms. The summed E-state index contributed by atoms with van der Waals surface area (Å²) < 4.78 is 43.1. The molecule has 0 fully saturated rings. The fourth-order valence-corrected chi connectivity index (χ4v) is 2.50. The first-order valence-electron chi connectivity index (χ1n) is 5.48. The van der Waals surface area contributed by atoms with Gasteiger partial charge < -0.3 is 9.52 Å². The zero-order valence-electron chi connectivity index (χ0n) is 9.76. The Morgan fingerprint density at radius 2 is 2.05 bits per heavy atom. The first-order chi connectivity index (χ1) is 9.47. The quantitative estimate of drug-likeness (QED) is 0.786. The molecule has 2 heterocycles. The summed E-state index contributed by atoms with van der Waals surface area (Å²) in [6, 6.07) is 2.39. The number of hydrogen-bond acceptors (Lipinski definition) is 5. The van der Waals surface area contributed by atoms with Crippen LogP contribution in [0.5, 0.6) is 0 Å². The van der Waals surface area contributed by atoms with Gasteiger partial charge in [0.2, 0.25) is 0 Å². The van der Waals surface area contributed by atoms with E-state index >= 15 is 0 Å². The Balaban J connectivity index is 2.21. The van der Waals surface area contributed by atoms with Crippen molar-refractivity contribution in [1.29, 1.82) is 0 Å². The summed E-state index contributed by atoms with van der Waals surface area (Å²) in [6.07, 6.45) is -4.62. The average Bonchev–Trinajstić information content (AvgIpc) is 3.06. The van der Waals surface area contributed by atoms with Crippen molar-refractivity contribution in [2.45, 2.75) is 12.3 Å². The lowest BCUT2D eigenvalue weighted by Gasteiger charge is -2.15. The van der Waals surface area contributed by atoms with E-state index in [1.54, 1.807) is 5.38 Å². The minimum atomic E-state index is -4.74. The minimum Gasteiger partial charge on any atom is -0.443 e. The van der Waals surface area contributed by atoms with Crippen molar-refractivity contribution in [3.8, 4) is 10.6 Å². The molecule has 0 spiro atoms. The molecule has 1 aromatic carbocycles. The van der Waals surface area contributed by atoms with Crippen LogP contribution in [-0.2, 0) is 0 Å². The van der Waals surface area contributed by atoms with Crippen molar-refractivity contribution in [2.75, 3.05) is 0 Å². The molecular formula is C12H7F3N2O2S. The zero-order chi connectivity index (χ0) is 14.3. The Bertz CT molecular complexity index is 737. The van der Waals surface area contributed by atoms with Gasteiger partial charge >= 0.3 is 6.18 Å². The van der Waals surface area contributed by atoms with E-state index in [0.29, 0.717) is 16.2 Å². The maximum Gasteiger partial charge on any atom is 0.418 e. The highest BCUT2D eigenvalue weighted by atomic mass is 32.1. The van der Waals surface area contributed by atoms with Gasteiger partial charge in [-0.2, -0.15) is 13.2 Å². The van der Waals surface area contributed by atoms with E-state index in [2.05, 4.69) is 9.97 Å². The largest absolute Gasteiger partial charge is 0.443 e. The Labute approximate surface area is 114 Å². The lowest BCUT2D eigenvalue weighted by atomic mass is 10.0. The molecular weight excluding hydrogens is 293 g/mol. The SMILES string of the molecule is OC(c1cc(-c2nccs2)c2ocnc2c1)C(F)(F)F. The van der Waals surface area contributed by atoms with Gasteiger partial charge in [0.15, 0.2) is 18.1 Å². The van der Waals surface area contributed by atoms with Crippen molar-refractivity contribution in [1.82, 2.24) is 9.97 Å². The molecule has 1 atom stereocenters. The topological polar surface area (TPSA) is 59.2 Å². The summed E-state index contributed by atoms with van der Waals surface area (Å²) in [4.78, 5) is 7.89. The standard InChI is InChI=1S/C12H7F3N2O2S/c13-12(14,15)10(18)6-3-7(11-16-1-2-20-11)9-8(4-6)17-5-19-9/h1-5,10,18H. The number of hydrogen-bond donors (Lipinski definition) is 1. The van der Waals surface area contributed by atoms with E-state index in [-0.39, 0.29) is 11.1 Å². The molecule has 104 valence electrons. The van der Waals surface area contributed by atoms with E-state index in [1.807, 2.05) is 0 Å². The number of rotatable bonds is 2. The number of thiazole rings is 1. The lowest BCUT2D eigenvalue weighted by Crippen LogP contribution is -2.20. The third kappa shape index (κ3) is 2.16. The molecule has 2 aromatic heterocycles. The van der Waals surface area contributed by atoms with E-state index in [4.69, 9.17) is 4.42 Å². The van der Waals surface area contributed by atoms with Gasteiger partial charge in [-0.3, -0.25) is 0 Å². The van der Waals surface area contributed by atoms with Crippen molar-refractivity contribution < 1.29 is 22.7 Å². The van der Waals surface area contributed by atoms with Crippen LogP contribution < -0.4 is 0 Å². The average molecular weight is 300 g/mol. The van der Waals surface area contributed by atoms with Gasteiger partial charge in [-0.1, -0.05) is 0 Å². The number of halogens is 3. The zero-order valence-corrected chi connectivity index (χ0v) is 10.6. The molecule has 0 aliphatic heterocycles. The highest BCUT2D eigenvalue weighted by Crippen LogP contribution is 2.37. The second kappa shape index (κ2) is 4.57. The van der Waals surface area contributed by atoms with Crippen LogP contribution in [-0.4, -0.2) is 21.3 Å². The molecule has 4 nitrogen and oxygen atoms in total. The van der Waals surface area contributed by atoms with Crippen LogP contribution in [0.1, 0.15) is 11.7 Å². The molecule has 8 heteroatoms. The van der Waals surface area contributed by atoms with Crippen LogP contribution in [0.3, 0.4) is 0 Å². The molecule has 20 heavy (non-hydrogen) atoms. The van der Waals surface area contributed by atoms with Crippen LogP contribution in [0, 0.1) is 0 Å². The van der Waals surface area contributed by atoms with Crippen LogP contribution >= 0.6 is 11.3 Å². The highest BCUT2D eigenvalue weighted by molar-refractivity contribution is 7.13. The molecule has 3 rings (SSSR count). The van der Waals surface area contributed by atoms with E-state index in [1.165, 1.54) is 23.6 Å². The van der Waals surface area contributed by atoms with Gasteiger partial charge in [-0.05, 0) is 17.7 Å². The van der Waals surface area contributed by atoms with E-state index in [0.717, 1.165) is 12.5 Å². The summed E-state index contributed by atoms with van der Waals surface area (Å²) in [6.45, 7) is 0. The van der Waals surface area contributed by atoms with Crippen LogP contribution in [0.4, 0.5) is 13.2 Å². The highest BCUT2D eigenvalue weighted by Gasteiger charge is 2.40. The van der Waals surface area contributed by atoms with Crippen molar-refractivity contribution >= 4 is 22.4 Å². The summed E-state index contributed by atoms with van der Waals surface area (Å²) in [5, 5.41) is 11.6. The Morgan fingerprint density at radius 1 is 1.25 bits per heavy atom. The van der Waals surface area contributed by atoms with Gasteiger partial charge in [0.25, 0.3) is 0 Å².